The SMILES string of the molecule is Cc1cc(CCC(=O)O)c(C)c(C)c1C.N. The molecule has 0 spiro atoms. The van der Waals surface area contributed by atoms with Gasteiger partial charge >= 0.3 is 5.97 Å². The number of carboxylic acid groups (broad SMARTS) is 1. The molecule has 0 radical (unpaired) electrons. The van der Waals surface area contributed by atoms with Crippen LogP contribution in [0.3, 0.4) is 0 Å². The molecule has 0 amide bonds. The van der Waals surface area contributed by atoms with E-state index in [1.165, 1.54) is 22.3 Å². The summed E-state index contributed by atoms with van der Waals surface area (Å²) in [4.78, 5) is 10.5. The first-order valence-electron chi connectivity index (χ1n) is 5.21. The van der Waals surface area contributed by atoms with Crippen molar-refractivity contribution in [2.45, 2.75) is 40.5 Å². The first kappa shape index (κ1) is 14.6. The van der Waals surface area contributed by atoms with Crippen LogP contribution in [0.15, 0.2) is 6.07 Å². The van der Waals surface area contributed by atoms with Gasteiger partial charge in [0, 0.05) is 6.42 Å². The zero-order chi connectivity index (χ0) is 11.6. The van der Waals surface area contributed by atoms with Gasteiger partial charge in [-0.1, -0.05) is 6.07 Å². The second-order valence-corrected chi connectivity index (χ2v) is 4.12. The predicted octanol–water partition coefficient (Wildman–Crippen LogP) is 3.10. The molecule has 1 aromatic carbocycles. The smallest absolute Gasteiger partial charge is 0.303 e. The van der Waals surface area contributed by atoms with Crippen LogP contribution in [0.25, 0.3) is 0 Å². The van der Waals surface area contributed by atoms with Gasteiger partial charge in [0.25, 0.3) is 0 Å². The molecule has 1 aromatic rings. The van der Waals surface area contributed by atoms with Crippen LogP contribution in [0, 0.1) is 27.7 Å². The minimum absolute atomic E-state index is 0. The Bertz CT molecular complexity index is 397. The van der Waals surface area contributed by atoms with E-state index in [9.17, 15) is 4.79 Å². The Hall–Kier alpha value is -1.35. The maximum absolute atomic E-state index is 10.5. The second kappa shape index (κ2) is 5.66. The number of hydrogen-bond donors (Lipinski definition) is 2. The first-order valence-corrected chi connectivity index (χ1v) is 5.21. The van der Waals surface area contributed by atoms with Crippen molar-refractivity contribution in [1.82, 2.24) is 6.15 Å². The van der Waals surface area contributed by atoms with E-state index in [1.54, 1.807) is 0 Å². The van der Waals surface area contributed by atoms with Crippen LogP contribution in [0.4, 0.5) is 0 Å². The Kier molecular flexibility index (Phi) is 5.18. The number of carbonyl (C=O) groups is 1. The maximum Gasteiger partial charge on any atom is 0.303 e. The molecule has 90 valence electrons. The largest absolute Gasteiger partial charge is 0.481 e. The summed E-state index contributed by atoms with van der Waals surface area (Å²) in [7, 11) is 0. The van der Waals surface area contributed by atoms with Gasteiger partial charge in [-0.3, -0.25) is 4.79 Å². The fraction of sp³-hybridized carbons (Fsp3) is 0.462. The number of hydrogen-bond acceptors (Lipinski definition) is 2. The van der Waals surface area contributed by atoms with Crippen LogP contribution < -0.4 is 6.15 Å². The Morgan fingerprint density at radius 1 is 1.12 bits per heavy atom. The van der Waals surface area contributed by atoms with Crippen molar-refractivity contribution < 1.29 is 9.90 Å². The summed E-state index contributed by atoms with van der Waals surface area (Å²) in [5, 5.41) is 8.66. The summed E-state index contributed by atoms with van der Waals surface area (Å²) in [5.41, 5.74) is 6.25. The molecule has 0 unspecified atom stereocenters. The lowest BCUT2D eigenvalue weighted by Gasteiger charge is -2.13. The molecular formula is C13H21NO2. The van der Waals surface area contributed by atoms with Crippen LogP contribution in [-0.2, 0) is 11.2 Å². The van der Waals surface area contributed by atoms with Gasteiger partial charge in [-0.25, -0.2) is 0 Å². The van der Waals surface area contributed by atoms with Crippen LogP contribution in [-0.4, -0.2) is 11.1 Å². The minimum Gasteiger partial charge on any atom is -0.481 e. The zero-order valence-corrected chi connectivity index (χ0v) is 10.6. The van der Waals surface area contributed by atoms with Gasteiger partial charge in [-0.05, 0) is 61.9 Å². The lowest BCUT2D eigenvalue weighted by Crippen LogP contribution is -2.02. The molecule has 0 saturated heterocycles. The van der Waals surface area contributed by atoms with Crippen molar-refractivity contribution in [2.75, 3.05) is 0 Å². The summed E-state index contributed by atoms with van der Waals surface area (Å²) < 4.78 is 0. The van der Waals surface area contributed by atoms with Crippen LogP contribution in [0.1, 0.15) is 34.2 Å². The van der Waals surface area contributed by atoms with Gasteiger partial charge in [0.15, 0.2) is 0 Å². The van der Waals surface area contributed by atoms with E-state index in [1.807, 2.05) is 0 Å². The highest BCUT2D eigenvalue weighted by molar-refractivity contribution is 5.67. The van der Waals surface area contributed by atoms with E-state index < -0.39 is 5.97 Å². The molecule has 0 aliphatic rings. The molecule has 4 N–H and O–H groups in total. The molecule has 0 aromatic heterocycles. The van der Waals surface area contributed by atoms with Crippen LogP contribution in [0.5, 0.6) is 0 Å². The molecule has 0 aliphatic carbocycles. The summed E-state index contributed by atoms with van der Waals surface area (Å²) in [6.45, 7) is 8.35. The minimum atomic E-state index is -0.731. The van der Waals surface area contributed by atoms with Crippen molar-refractivity contribution in [3.05, 3.63) is 33.9 Å². The Morgan fingerprint density at radius 2 is 1.69 bits per heavy atom. The Balaban J connectivity index is 0.00000225. The summed E-state index contributed by atoms with van der Waals surface area (Å²) in [6, 6.07) is 2.11. The molecule has 1 rings (SSSR count). The summed E-state index contributed by atoms with van der Waals surface area (Å²) >= 11 is 0. The fourth-order valence-corrected chi connectivity index (χ4v) is 1.80. The van der Waals surface area contributed by atoms with Gasteiger partial charge in [0.1, 0.15) is 0 Å². The molecule has 0 bridgehead atoms. The van der Waals surface area contributed by atoms with E-state index >= 15 is 0 Å². The van der Waals surface area contributed by atoms with Gasteiger partial charge < -0.3 is 11.3 Å². The van der Waals surface area contributed by atoms with E-state index in [2.05, 4.69) is 33.8 Å². The van der Waals surface area contributed by atoms with E-state index in [-0.39, 0.29) is 12.6 Å². The predicted molar refractivity (Wildman–Crippen MR) is 66.4 cm³/mol. The second-order valence-electron chi connectivity index (χ2n) is 4.12. The third kappa shape index (κ3) is 3.07. The highest BCUT2D eigenvalue weighted by Gasteiger charge is 2.08. The van der Waals surface area contributed by atoms with Crippen molar-refractivity contribution in [3.63, 3.8) is 0 Å². The molecule has 3 nitrogen and oxygen atoms in total. The topological polar surface area (TPSA) is 72.3 Å². The highest BCUT2D eigenvalue weighted by Crippen LogP contribution is 2.22. The number of benzene rings is 1. The fourth-order valence-electron chi connectivity index (χ4n) is 1.80. The standard InChI is InChI=1S/C13H18O2.H3N/c1-8-7-12(5-6-13(14)15)11(4)10(3)9(8)2;/h7H,5-6H2,1-4H3,(H,14,15);1H3. The highest BCUT2D eigenvalue weighted by atomic mass is 16.4. The molecule has 0 aliphatic heterocycles. The Labute approximate surface area is 97.1 Å². The molecule has 0 saturated carbocycles. The van der Waals surface area contributed by atoms with Gasteiger partial charge in [0.2, 0.25) is 0 Å². The van der Waals surface area contributed by atoms with Gasteiger partial charge in [-0.15, -0.1) is 0 Å². The lowest BCUT2D eigenvalue weighted by atomic mass is 9.92. The summed E-state index contributed by atoms with van der Waals surface area (Å²) in [5.74, 6) is -0.731. The van der Waals surface area contributed by atoms with Crippen molar-refractivity contribution >= 4 is 5.97 Å². The first-order chi connectivity index (χ1) is 6.93. The maximum atomic E-state index is 10.5. The van der Waals surface area contributed by atoms with Crippen molar-refractivity contribution in [3.8, 4) is 0 Å². The third-order valence-corrected chi connectivity index (χ3v) is 3.20. The number of rotatable bonds is 3. The number of aliphatic carboxylic acids is 1. The normalized spacial score (nSPS) is 9.75. The van der Waals surface area contributed by atoms with Crippen molar-refractivity contribution in [1.29, 1.82) is 0 Å². The molecule has 16 heavy (non-hydrogen) atoms. The average Bonchev–Trinajstić information content (AvgIpc) is 2.18. The Morgan fingerprint density at radius 3 is 2.19 bits per heavy atom. The molecule has 0 fully saturated rings. The number of carboxylic acids is 1. The van der Waals surface area contributed by atoms with Crippen LogP contribution >= 0.6 is 0 Å². The molecule has 0 atom stereocenters. The molecular weight excluding hydrogens is 202 g/mol. The average molecular weight is 223 g/mol. The molecule has 0 heterocycles. The van der Waals surface area contributed by atoms with Crippen molar-refractivity contribution in [2.24, 2.45) is 0 Å². The third-order valence-electron chi connectivity index (χ3n) is 3.20. The molecule has 3 heteroatoms. The van der Waals surface area contributed by atoms with E-state index in [0.717, 1.165) is 5.56 Å². The van der Waals surface area contributed by atoms with Crippen LogP contribution in [0.2, 0.25) is 0 Å². The zero-order valence-electron chi connectivity index (χ0n) is 10.6. The van der Waals surface area contributed by atoms with E-state index in [0.29, 0.717) is 6.42 Å². The quantitative estimate of drug-likeness (QED) is 0.827. The summed E-state index contributed by atoms with van der Waals surface area (Å²) in [6.07, 6.45) is 0.839. The van der Waals surface area contributed by atoms with Gasteiger partial charge in [0.05, 0.1) is 0 Å². The van der Waals surface area contributed by atoms with Gasteiger partial charge in [-0.2, -0.15) is 0 Å². The number of aryl methyl sites for hydroxylation is 2. The lowest BCUT2D eigenvalue weighted by molar-refractivity contribution is -0.136. The monoisotopic (exact) mass is 223 g/mol. The van der Waals surface area contributed by atoms with E-state index in [4.69, 9.17) is 5.11 Å².